The summed E-state index contributed by atoms with van der Waals surface area (Å²) in [6.07, 6.45) is 0. The van der Waals surface area contributed by atoms with Gasteiger partial charge in [-0.3, -0.25) is 0 Å². The van der Waals surface area contributed by atoms with Crippen LogP contribution in [0.1, 0.15) is 25.0 Å². The van der Waals surface area contributed by atoms with Gasteiger partial charge in [-0.2, -0.15) is 4.68 Å². The van der Waals surface area contributed by atoms with Crippen LogP contribution in [-0.4, -0.2) is 36.7 Å². The number of tetrazole rings is 1. The molecule has 1 aromatic heterocycles. The number of rotatable bonds is 4. The van der Waals surface area contributed by atoms with Crippen LogP contribution in [0.2, 0.25) is 0 Å². The first-order valence-corrected chi connectivity index (χ1v) is 7.06. The molecule has 0 aliphatic heterocycles. The van der Waals surface area contributed by atoms with Crippen molar-refractivity contribution >= 4 is 11.8 Å². The standard InChI is InChI=1S/C13H18N4OS/c1-9-5-6-11(7-10(9)2)17-12(14-15-16-17)19-8-13(3,4)18/h5-7,18H,8H2,1-4H3. The first-order valence-electron chi connectivity index (χ1n) is 6.08. The van der Waals surface area contributed by atoms with E-state index in [1.165, 1.54) is 22.9 Å². The molecule has 0 atom stereocenters. The highest BCUT2D eigenvalue weighted by Gasteiger charge is 2.17. The number of aromatic nitrogens is 4. The number of thioether (sulfide) groups is 1. The Bertz CT molecular complexity index is 574. The number of aryl methyl sites for hydroxylation is 2. The third kappa shape index (κ3) is 3.54. The van der Waals surface area contributed by atoms with Crippen LogP contribution in [0, 0.1) is 13.8 Å². The van der Waals surface area contributed by atoms with Crippen LogP contribution >= 0.6 is 11.8 Å². The van der Waals surface area contributed by atoms with Crippen LogP contribution in [0.25, 0.3) is 5.69 Å². The van der Waals surface area contributed by atoms with Crippen molar-refractivity contribution in [3.05, 3.63) is 29.3 Å². The van der Waals surface area contributed by atoms with Gasteiger partial charge in [0, 0.05) is 5.75 Å². The number of aliphatic hydroxyl groups is 1. The van der Waals surface area contributed by atoms with Crippen molar-refractivity contribution in [3.63, 3.8) is 0 Å². The van der Waals surface area contributed by atoms with Crippen molar-refractivity contribution in [1.82, 2.24) is 20.2 Å². The summed E-state index contributed by atoms with van der Waals surface area (Å²) in [4.78, 5) is 0. The Morgan fingerprint density at radius 3 is 2.63 bits per heavy atom. The summed E-state index contributed by atoms with van der Waals surface area (Å²) in [5.41, 5.74) is 2.63. The van der Waals surface area contributed by atoms with Crippen LogP contribution in [0.5, 0.6) is 0 Å². The van der Waals surface area contributed by atoms with Gasteiger partial charge in [-0.1, -0.05) is 17.8 Å². The largest absolute Gasteiger partial charge is 0.390 e. The third-order valence-electron chi connectivity index (χ3n) is 2.73. The SMILES string of the molecule is Cc1ccc(-n2nnnc2SCC(C)(C)O)cc1C. The highest BCUT2D eigenvalue weighted by Crippen LogP contribution is 2.23. The molecule has 1 heterocycles. The molecule has 19 heavy (non-hydrogen) atoms. The fourth-order valence-corrected chi connectivity index (χ4v) is 2.37. The molecule has 0 spiro atoms. The van der Waals surface area contributed by atoms with Crippen LogP contribution in [0.3, 0.4) is 0 Å². The van der Waals surface area contributed by atoms with E-state index in [1.807, 2.05) is 6.07 Å². The second kappa shape index (κ2) is 5.30. The highest BCUT2D eigenvalue weighted by molar-refractivity contribution is 7.99. The predicted octanol–water partition coefficient (Wildman–Crippen LogP) is 2.14. The predicted molar refractivity (Wildman–Crippen MR) is 75.6 cm³/mol. The minimum atomic E-state index is -0.745. The van der Waals surface area contributed by atoms with Gasteiger partial charge in [0.1, 0.15) is 0 Å². The van der Waals surface area contributed by atoms with Crippen LogP contribution in [-0.2, 0) is 0 Å². The Kier molecular flexibility index (Phi) is 3.91. The van der Waals surface area contributed by atoms with Gasteiger partial charge in [-0.15, -0.1) is 5.10 Å². The molecule has 2 aromatic rings. The average Bonchev–Trinajstić information content (AvgIpc) is 2.77. The van der Waals surface area contributed by atoms with Gasteiger partial charge in [0.2, 0.25) is 5.16 Å². The van der Waals surface area contributed by atoms with E-state index in [-0.39, 0.29) is 0 Å². The molecule has 0 bridgehead atoms. The molecule has 1 N–H and O–H groups in total. The van der Waals surface area contributed by atoms with E-state index in [9.17, 15) is 5.11 Å². The molecule has 0 amide bonds. The first kappa shape index (κ1) is 14.0. The van der Waals surface area contributed by atoms with Crippen LogP contribution < -0.4 is 0 Å². The van der Waals surface area contributed by atoms with E-state index in [0.29, 0.717) is 10.9 Å². The molecule has 0 saturated carbocycles. The molecule has 6 heteroatoms. The summed E-state index contributed by atoms with van der Waals surface area (Å²) < 4.78 is 1.70. The van der Waals surface area contributed by atoms with Gasteiger partial charge in [0.15, 0.2) is 0 Å². The van der Waals surface area contributed by atoms with Crippen LogP contribution in [0.4, 0.5) is 0 Å². The molecule has 0 saturated heterocycles. The molecule has 2 rings (SSSR count). The second-order valence-electron chi connectivity index (χ2n) is 5.24. The first-order chi connectivity index (χ1) is 8.87. The van der Waals surface area contributed by atoms with Crippen molar-refractivity contribution in [2.24, 2.45) is 0 Å². The number of nitrogens with zero attached hydrogens (tertiary/aromatic N) is 4. The Morgan fingerprint density at radius 1 is 1.26 bits per heavy atom. The minimum Gasteiger partial charge on any atom is -0.390 e. The normalized spacial score (nSPS) is 11.8. The number of benzene rings is 1. The van der Waals surface area contributed by atoms with Crippen molar-refractivity contribution in [3.8, 4) is 5.69 Å². The molecule has 0 radical (unpaired) electrons. The zero-order valence-electron chi connectivity index (χ0n) is 11.6. The van der Waals surface area contributed by atoms with Gasteiger partial charge in [-0.25, -0.2) is 0 Å². The monoisotopic (exact) mass is 278 g/mol. The lowest BCUT2D eigenvalue weighted by atomic mass is 10.1. The van der Waals surface area contributed by atoms with E-state index in [4.69, 9.17) is 0 Å². The Morgan fingerprint density at radius 2 is 2.00 bits per heavy atom. The summed E-state index contributed by atoms with van der Waals surface area (Å²) in [6.45, 7) is 7.67. The quantitative estimate of drug-likeness (QED) is 0.868. The van der Waals surface area contributed by atoms with Crippen molar-refractivity contribution in [2.45, 2.75) is 38.5 Å². The maximum atomic E-state index is 9.76. The van der Waals surface area contributed by atoms with E-state index >= 15 is 0 Å². The van der Waals surface area contributed by atoms with Crippen molar-refractivity contribution in [2.75, 3.05) is 5.75 Å². The van der Waals surface area contributed by atoms with Crippen molar-refractivity contribution < 1.29 is 5.11 Å². The van der Waals surface area contributed by atoms with Gasteiger partial charge in [0.25, 0.3) is 0 Å². The second-order valence-corrected chi connectivity index (χ2v) is 6.19. The topological polar surface area (TPSA) is 63.8 Å². The number of hydrogen-bond donors (Lipinski definition) is 1. The Labute approximate surface area is 117 Å². The maximum absolute atomic E-state index is 9.76. The van der Waals surface area contributed by atoms with Gasteiger partial charge >= 0.3 is 0 Å². The minimum absolute atomic E-state index is 0.540. The van der Waals surface area contributed by atoms with Crippen LogP contribution in [0.15, 0.2) is 23.4 Å². The molecule has 0 aliphatic rings. The zero-order valence-corrected chi connectivity index (χ0v) is 12.4. The molecule has 0 fully saturated rings. The van der Waals surface area contributed by atoms with E-state index in [1.54, 1.807) is 18.5 Å². The fraction of sp³-hybridized carbons (Fsp3) is 0.462. The molecule has 102 valence electrons. The summed E-state index contributed by atoms with van der Waals surface area (Å²) in [5.74, 6) is 0.540. The molecule has 5 nitrogen and oxygen atoms in total. The fourth-order valence-electron chi connectivity index (χ4n) is 1.53. The molecule has 1 aromatic carbocycles. The summed E-state index contributed by atoms with van der Waals surface area (Å²) in [6, 6.07) is 6.10. The van der Waals surface area contributed by atoms with E-state index < -0.39 is 5.60 Å². The third-order valence-corrected chi connectivity index (χ3v) is 4.09. The molecule has 0 unspecified atom stereocenters. The van der Waals surface area contributed by atoms with Crippen molar-refractivity contribution in [1.29, 1.82) is 0 Å². The lowest BCUT2D eigenvalue weighted by molar-refractivity contribution is 0.107. The van der Waals surface area contributed by atoms with Gasteiger partial charge in [-0.05, 0) is 61.4 Å². The molecular formula is C13H18N4OS. The van der Waals surface area contributed by atoms with Gasteiger partial charge < -0.3 is 5.11 Å². The highest BCUT2D eigenvalue weighted by atomic mass is 32.2. The summed E-state index contributed by atoms with van der Waals surface area (Å²) in [7, 11) is 0. The smallest absolute Gasteiger partial charge is 0.214 e. The Hall–Kier alpha value is -1.40. The average molecular weight is 278 g/mol. The Balaban J connectivity index is 2.26. The van der Waals surface area contributed by atoms with Gasteiger partial charge in [0.05, 0.1) is 11.3 Å². The maximum Gasteiger partial charge on any atom is 0.214 e. The zero-order chi connectivity index (χ0) is 14.0. The van der Waals surface area contributed by atoms with E-state index in [2.05, 4.69) is 41.5 Å². The molecular weight excluding hydrogens is 260 g/mol. The number of hydrogen-bond acceptors (Lipinski definition) is 5. The summed E-state index contributed by atoms with van der Waals surface area (Å²) >= 11 is 1.44. The van der Waals surface area contributed by atoms with E-state index in [0.717, 1.165) is 5.69 Å². The summed E-state index contributed by atoms with van der Waals surface area (Å²) in [5, 5.41) is 22.2. The lowest BCUT2D eigenvalue weighted by Crippen LogP contribution is -2.22. The molecule has 0 aliphatic carbocycles. The lowest BCUT2D eigenvalue weighted by Gasteiger charge is -2.15.